The number of hydrogen-bond donors (Lipinski definition) is 1. The molecular weight excluding hydrogens is 190 g/mol. The SMILES string of the molecule is COc1ccc(-c2ccncc2N)cn1. The lowest BCUT2D eigenvalue weighted by Gasteiger charge is -2.04. The molecule has 2 rings (SSSR count). The van der Waals surface area contributed by atoms with Crippen LogP contribution in [0.2, 0.25) is 0 Å². The van der Waals surface area contributed by atoms with Gasteiger partial charge in [0.25, 0.3) is 0 Å². The van der Waals surface area contributed by atoms with Crippen molar-refractivity contribution in [1.29, 1.82) is 0 Å². The van der Waals surface area contributed by atoms with E-state index in [1.165, 1.54) is 0 Å². The van der Waals surface area contributed by atoms with Crippen LogP contribution in [0.3, 0.4) is 0 Å². The summed E-state index contributed by atoms with van der Waals surface area (Å²) in [6.07, 6.45) is 5.06. The molecule has 0 saturated heterocycles. The number of nitrogens with two attached hydrogens (primary N) is 1. The summed E-state index contributed by atoms with van der Waals surface area (Å²) in [6.45, 7) is 0. The maximum Gasteiger partial charge on any atom is 0.212 e. The normalized spacial score (nSPS) is 9.93. The molecule has 0 unspecified atom stereocenters. The van der Waals surface area contributed by atoms with Crippen molar-refractivity contribution in [1.82, 2.24) is 9.97 Å². The van der Waals surface area contributed by atoms with Crippen LogP contribution in [-0.2, 0) is 0 Å². The van der Waals surface area contributed by atoms with E-state index in [1.54, 1.807) is 31.8 Å². The molecule has 2 aromatic heterocycles. The zero-order chi connectivity index (χ0) is 10.7. The van der Waals surface area contributed by atoms with Crippen LogP contribution >= 0.6 is 0 Å². The fourth-order valence-electron chi connectivity index (χ4n) is 1.33. The second-order valence-corrected chi connectivity index (χ2v) is 3.05. The van der Waals surface area contributed by atoms with Crippen molar-refractivity contribution >= 4 is 5.69 Å². The minimum atomic E-state index is 0.589. The number of ether oxygens (including phenoxy) is 1. The molecule has 0 fully saturated rings. The third-order valence-corrected chi connectivity index (χ3v) is 2.11. The van der Waals surface area contributed by atoms with E-state index in [4.69, 9.17) is 10.5 Å². The first-order valence-electron chi connectivity index (χ1n) is 4.51. The molecule has 76 valence electrons. The number of pyridine rings is 2. The molecule has 2 heterocycles. The minimum absolute atomic E-state index is 0.589. The Kier molecular flexibility index (Phi) is 2.49. The van der Waals surface area contributed by atoms with Gasteiger partial charge in [0.05, 0.1) is 19.0 Å². The molecule has 0 aromatic carbocycles. The number of aromatic nitrogens is 2. The van der Waals surface area contributed by atoms with Crippen LogP contribution in [0.4, 0.5) is 5.69 Å². The highest BCUT2D eigenvalue weighted by Crippen LogP contribution is 2.24. The van der Waals surface area contributed by atoms with Gasteiger partial charge in [-0.2, -0.15) is 0 Å². The summed E-state index contributed by atoms with van der Waals surface area (Å²) in [4.78, 5) is 8.05. The second-order valence-electron chi connectivity index (χ2n) is 3.05. The molecule has 0 aliphatic carbocycles. The monoisotopic (exact) mass is 201 g/mol. The van der Waals surface area contributed by atoms with Crippen LogP contribution in [0, 0.1) is 0 Å². The van der Waals surface area contributed by atoms with Gasteiger partial charge < -0.3 is 10.5 Å². The zero-order valence-electron chi connectivity index (χ0n) is 8.34. The molecule has 0 radical (unpaired) electrons. The maximum atomic E-state index is 5.80. The van der Waals surface area contributed by atoms with E-state index in [-0.39, 0.29) is 0 Å². The van der Waals surface area contributed by atoms with Crippen molar-refractivity contribution in [3.63, 3.8) is 0 Å². The standard InChI is InChI=1S/C11H11N3O/c1-15-11-3-2-8(6-14-11)9-4-5-13-7-10(9)12/h2-7H,12H2,1H3. The Morgan fingerprint density at radius 2 is 2.07 bits per heavy atom. The van der Waals surface area contributed by atoms with Crippen molar-refractivity contribution in [2.75, 3.05) is 12.8 Å². The number of nitrogen functional groups attached to an aromatic ring is 1. The van der Waals surface area contributed by atoms with E-state index in [0.29, 0.717) is 11.6 Å². The Morgan fingerprint density at radius 3 is 2.67 bits per heavy atom. The molecule has 15 heavy (non-hydrogen) atoms. The van der Waals surface area contributed by atoms with E-state index in [0.717, 1.165) is 11.1 Å². The van der Waals surface area contributed by atoms with E-state index in [9.17, 15) is 0 Å². The first-order valence-corrected chi connectivity index (χ1v) is 4.51. The first kappa shape index (κ1) is 9.45. The van der Waals surface area contributed by atoms with Crippen LogP contribution < -0.4 is 10.5 Å². The summed E-state index contributed by atoms with van der Waals surface area (Å²) < 4.78 is 4.98. The quantitative estimate of drug-likeness (QED) is 0.803. The lowest BCUT2D eigenvalue weighted by atomic mass is 10.1. The van der Waals surface area contributed by atoms with Crippen LogP contribution in [-0.4, -0.2) is 17.1 Å². The van der Waals surface area contributed by atoms with Gasteiger partial charge >= 0.3 is 0 Å². The van der Waals surface area contributed by atoms with Gasteiger partial charge in [-0.15, -0.1) is 0 Å². The third-order valence-electron chi connectivity index (χ3n) is 2.11. The number of hydrogen-bond acceptors (Lipinski definition) is 4. The molecular formula is C11H11N3O. The van der Waals surface area contributed by atoms with E-state index in [1.807, 2.05) is 12.1 Å². The molecule has 4 heteroatoms. The molecule has 0 amide bonds. The minimum Gasteiger partial charge on any atom is -0.481 e. The van der Waals surface area contributed by atoms with Gasteiger partial charge in [-0.25, -0.2) is 4.98 Å². The Labute approximate surface area is 87.7 Å². The van der Waals surface area contributed by atoms with Crippen molar-refractivity contribution in [3.8, 4) is 17.0 Å². The van der Waals surface area contributed by atoms with Crippen LogP contribution in [0.25, 0.3) is 11.1 Å². The summed E-state index contributed by atoms with van der Waals surface area (Å²) in [7, 11) is 1.59. The predicted octanol–water partition coefficient (Wildman–Crippen LogP) is 1.73. The molecule has 0 bridgehead atoms. The summed E-state index contributed by atoms with van der Waals surface area (Å²) in [6, 6.07) is 5.57. The van der Waals surface area contributed by atoms with Crippen molar-refractivity contribution < 1.29 is 4.74 Å². The smallest absolute Gasteiger partial charge is 0.212 e. The van der Waals surface area contributed by atoms with Gasteiger partial charge in [-0.05, 0) is 12.1 Å². The largest absolute Gasteiger partial charge is 0.481 e. The molecule has 2 N–H and O–H groups in total. The molecule has 2 aromatic rings. The molecule has 0 aliphatic rings. The first-order chi connectivity index (χ1) is 7.31. The highest BCUT2D eigenvalue weighted by Gasteiger charge is 2.02. The molecule has 0 aliphatic heterocycles. The van der Waals surface area contributed by atoms with Crippen molar-refractivity contribution in [3.05, 3.63) is 36.8 Å². The highest BCUT2D eigenvalue weighted by atomic mass is 16.5. The van der Waals surface area contributed by atoms with Crippen LogP contribution in [0.15, 0.2) is 36.8 Å². The fraction of sp³-hybridized carbons (Fsp3) is 0.0909. The fourth-order valence-corrected chi connectivity index (χ4v) is 1.33. The van der Waals surface area contributed by atoms with E-state index in [2.05, 4.69) is 9.97 Å². The Balaban J connectivity index is 2.42. The van der Waals surface area contributed by atoms with Gasteiger partial charge in [-0.1, -0.05) is 0 Å². The van der Waals surface area contributed by atoms with E-state index < -0.39 is 0 Å². The zero-order valence-corrected chi connectivity index (χ0v) is 8.34. The average molecular weight is 201 g/mol. The van der Waals surface area contributed by atoms with Gasteiger partial charge in [0.1, 0.15) is 0 Å². The highest BCUT2D eigenvalue weighted by molar-refractivity contribution is 5.74. The summed E-state index contributed by atoms with van der Waals surface area (Å²) in [5.41, 5.74) is 8.33. The molecule has 0 spiro atoms. The molecule has 0 atom stereocenters. The van der Waals surface area contributed by atoms with Crippen LogP contribution in [0.1, 0.15) is 0 Å². The Morgan fingerprint density at radius 1 is 1.20 bits per heavy atom. The Hall–Kier alpha value is -2.10. The average Bonchev–Trinajstić information content (AvgIpc) is 2.30. The van der Waals surface area contributed by atoms with Crippen molar-refractivity contribution in [2.24, 2.45) is 0 Å². The van der Waals surface area contributed by atoms with Gasteiger partial charge in [-0.3, -0.25) is 4.98 Å². The topological polar surface area (TPSA) is 61.0 Å². The number of anilines is 1. The van der Waals surface area contributed by atoms with Gasteiger partial charge in [0.15, 0.2) is 0 Å². The molecule has 4 nitrogen and oxygen atoms in total. The maximum absolute atomic E-state index is 5.80. The third kappa shape index (κ3) is 1.88. The lowest BCUT2D eigenvalue weighted by molar-refractivity contribution is 0.398. The predicted molar refractivity (Wildman–Crippen MR) is 58.4 cm³/mol. The number of nitrogens with zero attached hydrogens (tertiary/aromatic N) is 2. The summed E-state index contributed by atoms with van der Waals surface area (Å²) in [5, 5.41) is 0. The number of rotatable bonds is 2. The lowest BCUT2D eigenvalue weighted by Crippen LogP contribution is -1.92. The second kappa shape index (κ2) is 3.96. The Bertz CT molecular complexity index is 454. The summed E-state index contributed by atoms with van der Waals surface area (Å²) >= 11 is 0. The molecule has 0 saturated carbocycles. The van der Waals surface area contributed by atoms with E-state index >= 15 is 0 Å². The van der Waals surface area contributed by atoms with Crippen molar-refractivity contribution in [2.45, 2.75) is 0 Å². The summed E-state index contributed by atoms with van der Waals surface area (Å²) in [5.74, 6) is 0.589. The van der Waals surface area contributed by atoms with Gasteiger partial charge in [0.2, 0.25) is 5.88 Å². The van der Waals surface area contributed by atoms with Crippen LogP contribution in [0.5, 0.6) is 5.88 Å². The van der Waals surface area contributed by atoms with Gasteiger partial charge in [0, 0.05) is 29.6 Å². The number of methoxy groups -OCH3 is 1.